The van der Waals surface area contributed by atoms with Gasteiger partial charge in [-0.15, -0.1) is 11.6 Å². The quantitative estimate of drug-likeness (QED) is 0.795. The number of aryl methyl sites for hydroxylation is 1. The van der Waals surface area contributed by atoms with Crippen LogP contribution < -0.4 is 0 Å². The van der Waals surface area contributed by atoms with Crippen molar-refractivity contribution in [3.63, 3.8) is 0 Å². The van der Waals surface area contributed by atoms with Gasteiger partial charge >= 0.3 is 0 Å². The van der Waals surface area contributed by atoms with Crippen molar-refractivity contribution in [1.82, 2.24) is 19.7 Å². The second kappa shape index (κ2) is 5.10. The number of rotatable bonds is 2. The first-order valence-corrected chi connectivity index (χ1v) is 6.88. The summed E-state index contributed by atoms with van der Waals surface area (Å²) in [6.45, 7) is 8.14. The molecule has 0 fully saturated rings. The minimum absolute atomic E-state index is 0.124. The summed E-state index contributed by atoms with van der Waals surface area (Å²) >= 11 is 12.4. The lowest BCUT2D eigenvalue weighted by Crippen LogP contribution is -2.14. The van der Waals surface area contributed by atoms with Crippen LogP contribution in [0.25, 0.3) is 5.82 Å². The highest BCUT2D eigenvalue weighted by atomic mass is 35.5. The Hall–Kier alpha value is -1.13. The highest BCUT2D eigenvalue weighted by molar-refractivity contribution is 6.31. The Labute approximate surface area is 122 Å². The first kappa shape index (κ1) is 14.3. The highest BCUT2D eigenvalue weighted by Crippen LogP contribution is 2.32. The Balaban J connectivity index is 2.63. The van der Waals surface area contributed by atoms with Crippen molar-refractivity contribution in [2.24, 2.45) is 0 Å². The molecule has 4 nitrogen and oxygen atoms in total. The van der Waals surface area contributed by atoms with Crippen LogP contribution in [-0.4, -0.2) is 19.7 Å². The van der Waals surface area contributed by atoms with Crippen molar-refractivity contribution >= 4 is 23.2 Å². The maximum Gasteiger partial charge on any atom is 0.158 e. The Morgan fingerprint density at radius 3 is 2.42 bits per heavy atom. The summed E-state index contributed by atoms with van der Waals surface area (Å²) in [5.41, 5.74) is 2.48. The topological polar surface area (TPSA) is 43.6 Å². The van der Waals surface area contributed by atoms with Crippen LogP contribution in [-0.2, 0) is 11.3 Å². The molecule has 0 spiro atoms. The van der Waals surface area contributed by atoms with Crippen molar-refractivity contribution in [1.29, 1.82) is 0 Å². The first-order valence-electron chi connectivity index (χ1n) is 5.97. The predicted molar refractivity (Wildman–Crippen MR) is 77.2 cm³/mol. The fourth-order valence-corrected chi connectivity index (χ4v) is 2.46. The van der Waals surface area contributed by atoms with E-state index in [1.54, 1.807) is 4.68 Å². The zero-order valence-corrected chi connectivity index (χ0v) is 12.9. The molecule has 0 saturated carbocycles. The largest absolute Gasteiger partial charge is 0.242 e. The van der Waals surface area contributed by atoms with E-state index in [2.05, 4.69) is 35.8 Å². The Kier molecular flexibility index (Phi) is 3.83. The van der Waals surface area contributed by atoms with Crippen LogP contribution in [0, 0.1) is 6.92 Å². The molecule has 2 aromatic rings. The molecule has 19 heavy (non-hydrogen) atoms. The average Bonchev–Trinajstić information content (AvgIpc) is 2.66. The van der Waals surface area contributed by atoms with E-state index in [4.69, 9.17) is 23.2 Å². The second-order valence-electron chi connectivity index (χ2n) is 5.43. The molecular formula is C13H16Cl2N4. The smallest absolute Gasteiger partial charge is 0.158 e. The van der Waals surface area contributed by atoms with Crippen LogP contribution in [0.3, 0.4) is 0 Å². The van der Waals surface area contributed by atoms with Crippen LogP contribution in [0.15, 0.2) is 12.4 Å². The molecule has 0 atom stereocenters. The molecule has 2 heterocycles. The fourth-order valence-electron chi connectivity index (χ4n) is 1.86. The molecule has 6 heteroatoms. The molecule has 102 valence electrons. The molecule has 0 aromatic carbocycles. The summed E-state index contributed by atoms with van der Waals surface area (Å²) in [6, 6.07) is 1.84. The molecule has 0 unspecified atom stereocenters. The van der Waals surface area contributed by atoms with Gasteiger partial charge in [0.2, 0.25) is 0 Å². The predicted octanol–water partition coefficient (Wildman–Crippen LogP) is 3.66. The van der Waals surface area contributed by atoms with Gasteiger partial charge in [-0.3, -0.25) is 0 Å². The van der Waals surface area contributed by atoms with Gasteiger partial charge in [0.15, 0.2) is 5.82 Å². The lowest BCUT2D eigenvalue weighted by atomic mass is 9.90. The monoisotopic (exact) mass is 298 g/mol. The van der Waals surface area contributed by atoms with E-state index in [-0.39, 0.29) is 5.41 Å². The van der Waals surface area contributed by atoms with Gasteiger partial charge in [0, 0.05) is 22.7 Å². The summed E-state index contributed by atoms with van der Waals surface area (Å²) in [4.78, 5) is 8.28. The van der Waals surface area contributed by atoms with Crippen molar-refractivity contribution < 1.29 is 0 Å². The molecular weight excluding hydrogens is 283 g/mol. The van der Waals surface area contributed by atoms with Gasteiger partial charge in [0.05, 0.1) is 11.6 Å². The van der Waals surface area contributed by atoms with Crippen molar-refractivity contribution in [3.8, 4) is 5.82 Å². The van der Waals surface area contributed by atoms with Gasteiger partial charge in [0.1, 0.15) is 11.5 Å². The number of aromatic nitrogens is 4. The van der Waals surface area contributed by atoms with E-state index < -0.39 is 0 Å². The van der Waals surface area contributed by atoms with E-state index in [1.807, 2.05) is 13.0 Å². The lowest BCUT2D eigenvalue weighted by molar-refractivity contribution is 0.555. The number of hydrogen-bond donors (Lipinski definition) is 0. The van der Waals surface area contributed by atoms with Gasteiger partial charge in [-0.1, -0.05) is 32.4 Å². The third-order valence-corrected chi connectivity index (χ3v) is 3.43. The summed E-state index contributed by atoms with van der Waals surface area (Å²) in [6.07, 6.45) is 1.50. The van der Waals surface area contributed by atoms with E-state index in [1.165, 1.54) is 6.33 Å². The van der Waals surface area contributed by atoms with Crippen LogP contribution in [0.4, 0.5) is 0 Å². The molecule has 0 saturated heterocycles. The Morgan fingerprint density at radius 1 is 1.26 bits per heavy atom. The number of hydrogen-bond acceptors (Lipinski definition) is 3. The number of nitrogens with zero attached hydrogens (tertiary/aromatic N) is 4. The SMILES string of the molecule is Cc1cc(-n2nc(C(C)(C)C)c(CCl)c2Cl)ncn1. The average molecular weight is 299 g/mol. The minimum Gasteiger partial charge on any atom is -0.242 e. The normalized spacial score (nSPS) is 11.9. The maximum atomic E-state index is 6.38. The van der Waals surface area contributed by atoms with Gasteiger partial charge in [-0.05, 0) is 6.92 Å². The zero-order chi connectivity index (χ0) is 14.2. The lowest BCUT2D eigenvalue weighted by Gasteiger charge is -2.16. The summed E-state index contributed by atoms with van der Waals surface area (Å²) in [5, 5.41) is 5.09. The summed E-state index contributed by atoms with van der Waals surface area (Å²) < 4.78 is 1.62. The molecule has 0 N–H and O–H groups in total. The molecule has 2 rings (SSSR count). The van der Waals surface area contributed by atoms with Gasteiger partial charge < -0.3 is 0 Å². The van der Waals surface area contributed by atoms with Gasteiger partial charge in [-0.2, -0.15) is 5.10 Å². The van der Waals surface area contributed by atoms with Crippen LogP contribution in [0.5, 0.6) is 0 Å². The highest BCUT2D eigenvalue weighted by Gasteiger charge is 2.26. The third-order valence-electron chi connectivity index (χ3n) is 2.77. The second-order valence-corrected chi connectivity index (χ2v) is 6.06. The first-order chi connectivity index (χ1) is 8.84. The van der Waals surface area contributed by atoms with E-state index in [0.717, 1.165) is 17.0 Å². The van der Waals surface area contributed by atoms with Crippen molar-refractivity contribution in [2.45, 2.75) is 39.0 Å². The standard InChI is InChI=1S/C13H16Cl2N4/c1-8-5-10(17-7-16-8)19-12(15)9(6-14)11(18-19)13(2,3)4/h5,7H,6H2,1-4H3. The number of halogens is 2. The van der Waals surface area contributed by atoms with Crippen molar-refractivity contribution in [2.75, 3.05) is 0 Å². The maximum absolute atomic E-state index is 6.38. The van der Waals surface area contributed by atoms with E-state index in [0.29, 0.717) is 16.9 Å². The summed E-state index contributed by atoms with van der Waals surface area (Å²) in [7, 11) is 0. The molecule has 0 radical (unpaired) electrons. The summed E-state index contributed by atoms with van der Waals surface area (Å²) in [5.74, 6) is 0.981. The van der Waals surface area contributed by atoms with Crippen LogP contribution in [0.2, 0.25) is 5.15 Å². The van der Waals surface area contributed by atoms with E-state index >= 15 is 0 Å². The van der Waals surface area contributed by atoms with Crippen molar-refractivity contribution in [3.05, 3.63) is 34.5 Å². The molecule has 0 aliphatic heterocycles. The van der Waals surface area contributed by atoms with E-state index in [9.17, 15) is 0 Å². The fraction of sp³-hybridized carbons (Fsp3) is 0.462. The molecule has 0 aliphatic carbocycles. The van der Waals surface area contributed by atoms with Gasteiger partial charge in [0.25, 0.3) is 0 Å². The van der Waals surface area contributed by atoms with Gasteiger partial charge in [-0.25, -0.2) is 14.6 Å². The minimum atomic E-state index is -0.124. The molecule has 2 aromatic heterocycles. The molecule has 0 aliphatic rings. The van der Waals surface area contributed by atoms with Crippen LogP contribution >= 0.6 is 23.2 Å². The number of alkyl halides is 1. The van der Waals surface area contributed by atoms with Crippen LogP contribution in [0.1, 0.15) is 37.7 Å². The Morgan fingerprint density at radius 2 is 1.95 bits per heavy atom. The molecule has 0 bridgehead atoms. The molecule has 0 amide bonds. The Bertz CT molecular complexity index is 599. The third kappa shape index (κ3) is 2.74. The zero-order valence-electron chi connectivity index (χ0n) is 11.4.